The van der Waals surface area contributed by atoms with Crippen LogP contribution in [0.25, 0.3) is 11.0 Å². The number of aryl methyl sites for hydroxylation is 2. The van der Waals surface area contributed by atoms with E-state index in [0.717, 1.165) is 30.5 Å². The summed E-state index contributed by atoms with van der Waals surface area (Å²) in [7, 11) is -3.57. The van der Waals surface area contributed by atoms with E-state index < -0.39 is 10.0 Å². The Morgan fingerprint density at radius 3 is 2.63 bits per heavy atom. The molecule has 3 aromatic rings. The fourth-order valence-electron chi connectivity index (χ4n) is 3.37. The lowest BCUT2D eigenvalue weighted by Gasteiger charge is -2.33. The third kappa shape index (κ3) is 3.49. The summed E-state index contributed by atoms with van der Waals surface area (Å²) in [5.74, 6) is 0. The van der Waals surface area contributed by atoms with Crippen LogP contribution in [0.5, 0.6) is 0 Å². The molecule has 1 aliphatic rings. The van der Waals surface area contributed by atoms with Crippen LogP contribution in [0.4, 0.5) is 0 Å². The van der Waals surface area contributed by atoms with Gasteiger partial charge in [-0.3, -0.25) is 9.58 Å². The first-order chi connectivity index (χ1) is 13.0. The lowest BCUT2D eigenvalue weighted by Crippen LogP contribution is -2.48. The molecule has 144 valence electrons. The van der Waals surface area contributed by atoms with Crippen molar-refractivity contribution in [2.45, 2.75) is 31.8 Å². The molecule has 10 heteroatoms. The van der Waals surface area contributed by atoms with Gasteiger partial charge < -0.3 is 0 Å². The summed E-state index contributed by atoms with van der Waals surface area (Å²) in [5.41, 5.74) is 3.33. The molecule has 1 aliphatic heterocycles. The molecule has 8 nitrogen and oxygen atoms in total. The normalized spacial score (nSPS) is 17.0. The molecule has 27 heavy (non-hydrogen) atoms. The van der Waals surface area contributed by atoms with E-state index in [1.54, 1.807) is 22.5 Å². The van der Waals surface area contributed by atoms with E-state index in [0.29, 0.717) is 37.2 Å². The van der Waals surface area contributed by atoms with Gasteiger partial charge in [-0.15, -0.1) is 0 Å². The van der Waals surface area contributed by atoms with Crippen molar-refractivity contribution in [3.8, 4) is 0 Å². The van der Waals surface area contributed by atoms with Crippen molar-refractivity contribution in [3.05, 3.63) is 35.7 Å². The molecule has 1 saturated heterocycles. The number of sulfonamides is 1. The predicted molar refractivity (Wildman–Crippen MR) is 104 cm³/mol. The van der Waals surface area contributed by atoms with Crippen molar-refractivity contribution >= 4 is 32.8 Å². The van der Waals surface area contributed by atoms with Gasteiger partial charge in [-0.1, -0.05) is 6.07 Å². The van der Waals surface area contributed by atoms with E-state index in [4.69, 9.17) is 0 Å². The number of piperazine rings is 1. The standard InChI is InChI=1S/C17H22N6O2S2/c1-3-22-12-14(13(2)18-22)11-21-7-9-23(10-8-21)27(24,25)16-6-4-5-15-17(16)20-26-19-15/h4-6,12H,3,7-11H2,1-2H3. The monoisotopic (exact) mass is 406 g/mol. The predicted octanol–water partition coefficient (Wildman–Crippen LogP) is 1.72. The molecule has 0 amide bonds. The number of benzene rings is 1. The number of rotatable bonds is 5. The van der Waals surface area contributed by atoms with Gasteiger partial charge in [0, 0.05) is 51.0 Å². The maximum atomic E-state index is 13.1. The zero-order valence-electron chi connectivity index (χ0n) is 15.4. The van der Waals surface area contributed by atoms with Crippen LogP contribution in [0.1, 0.15) is 18.2 Å². The SMILES string of the molecule is CCn1cc(CN2CCN(S(=O)(=O)c3cccc4nsnc34)CC2)c(C)n1. The summed E-state index contributed by atoms with van der Waals surface area (Å²) in [6.45, 7) is 8.06. The molecular weight excluding hydrogens is 384 g/mol. The van der Waals surface area contributed by atoms with Crippen LogP contribution in [-0.4, -0.2) is 62.3 Å². The highest BCUT2D eigenvalue weighted by Crippen LogP contribution is 2.25. The number of fused-ring (bicyclic) bond motifs is 1. The molecule has 0 atom stereocenters. The molecule has 0 bridgehead atoms. The molecule has 2 aromatic heterocycles. The first kappa shape index (κ1) is 18.5. The van der Waals surface area contributed by atoms with Crippen molar-refractivity contribution in [2.75, 3.05) is 26.2 Å². The zero-order valence-corrected chi connectivity index (χ0v) is 17.0. The fraction of sp³-hybridized carbons (Fsp3) is 0.471. The van der Waals surface area contributed by atoms with E-state index >= 15 is 0 Å². The van der Waals surface area contributed by atoms with Gasteiger partial charge in [0.25, 0.3) is 0 Å². The Morgan fingerprint density at radius 2 is 1.93 bits per heavy atom. The van der Waals surface area contributed by atoms with Crippen LogP contribution in [0.3, 0.4) is 0 Å². The van der Waals surface area contributed by atoms with Crippen LogP contribution in [0, 0.1) is 6.92 Å². The van der Waals surface area contributed by atoms with Gasteiger partial charge in [0.1, 0.15) is 15.9 Å². The minimum atomic E-state index is -3.57. The van der Waals surface area contributed by atoms with Crippen LogP contribution < -0.4 is 0 Å². The second-order valence-electron chi connectivity index (χ2n) is 6.66. The molecular formula is C17H22N6O2S2. The highest BCUT2D eigenvalue weighted by Gasteiger charge is 2.30. The van der Waals surface area contributed by atoms with Crippen molar-refractivity contribution in [2.24, 2.45) is 0 Å². The van der Waals surface area contributed by atoms with E-state index in [1.807, 2.05) is 11.6 Å². The largest absolute Gasteiger partial charge is 0.296 e. The molecule has 0 radical (unpaired) electrons. The number of hydrogen-bond donors (Lipinski definition) is 0. The fourth-order valence-corrected chi connectivity index (χ4v) is 5.55. The quantitative estimate of drug-likeness (QED) is 0.642. The Balaban J connectivity index is 1.47. The maximum absolute atomic E-state index is 13.1. The van der Waals surface area contributed by atoms with Crippen molar-refractivity contribution in [3.63, 3.8) is 0 Å². The van der Waals surface area contributed by atoms with E-state index in [1.165, 1.54) is 5.56 Å². The number of aromatic nitrogens is 4. The highest BCUT2D eigenvalue weighted by molar-refractivity contribution is 7.89. The molecule has 1 aromatic carbocycles. The minimum Gasteiger partial charge on any atom is -0.296 e. The first-order valence-corrected chi connectivity index (χ1v) is 11.1. The summed E-state index contributed by atoms with van der Waals surface area (Å²) in [6.07, 6.45) is 2.08. The Bertz CT molecular complexity index is 1050. The summed E-state index contributed by atoms with van der Waals surface area (Å²) in [4.78, 5) is 2.53. The Hall–Kier alpha value is -1.88. The van der Waals surface area contributed by atoms with Gasteiger partial charge in [0.2, 0.25) is 10.0 Å². The van der Waals surface area contributed by atoms with Crippen molar-refractivity contribution in [1.82, 2.24) is 27.7 Å². The molecule has 3 heterocycles. The van der Waals surface area contributed by atoms with Gasteiger partial charge in [0.05, 0.1) is 17.4 Å². The van der Waals surface area contributed by atoms with Crippen molar-refractivity contribution in [1.29, 1.82) is 0 Å². The second-order valence-corrected chi connectivity index (χ2v) is 9.10. The third-order valence-corrected chi connectivity index (χ3v) is 7.44. The van der Waals surface area contributed by atoms with Gasteiger partial charge in [-0.2, -0.15) is 18.2 Å². The third-order valence-electron chi connectivity index (χ3n) is 4.96. The smallest absolute Gasteiger partial charge is 0.245 e. The first-order valence-electron chi connectivity index (χ1n) is 8.95. The summed E-state index contributed by atoms with van der Waals surface area (Å²) >= 11 is 1.04. The number of nitrogens with zero attached hydrogens (tertiary/aromatic N) is 6. The lowest BCUT2D eigenvalue weighted by atomic mass is 10.2. The molecule has 0 spiro atoms. The average Bonchev–Trinajstić information content (AvgIpc) is 3.28. The van der Waals surface area contributed by atoms with Gasteiger partial charge in [-0.05, 0) is 26.0 Å². The minimum absolute atomic E-state index is 0.252. The number of hydrogen-bond acceptors (Lipinski definition) is 7. The summed E-state index contributed by atoms with van der Waals surface area (Å²) < 4.78 is 38.0. The van der Waals surface area contributed by atoms with E-state index in [9.17, 15) is 8.42 Å². The molecule has 0 unspecified atom stereocenters. The maximum Gasteiger partial charge on any atom is 0.245 e. The second kappa shape index (κ2) is 7.27. The Morgan fingerprint density at radius 1 is 1.15 bits per heavy atom. The van der Waals surface area contributed by atoms with Gasteiger partial charge in [-0.25, -0.2) is 8.42 Å². The van der Waals surface area contributed by atoms with Crippen LogP contribution in [-0.2, 0) is 23.1 Å². The molecule has 4 rings (SSSR count). The molecule has 0 N–H and O–H groups in total. The topological polar surface area (TPSA) is 84.2 Å². The summed E-state index contributed by atoms with van der Waals surface area (Å²) in [5, 5.41) is 4.48. The van der Waals surface area contributed by atoms with Crippen LogP contribution in [0.2, 0.25) is 0 Å². The van der Waals surface area contributed by atoms with Crippen molar-refractivity contribution < 1.29 is 8.42 Å². The molecule has 0 aliphatic carbocycles. The lowest BCUT2D eigenvalue weighted by molar-refractivity contribution is 0.181. The summed E-state index contributed by atoms with van der Waals surface area (Å²) in [6, 6.07) is 5.13. The molecule has 1 fully saturated rings. The van der Waals surface area contributed by atoms with Gasteiger partial charge >= 0.3 is 0 Å². The Kier molecular flexibility index (Phi) is 4.97. The zero-order chi connectivity index (χ0) is 19.0. The van der Waals surface area contributed by atoms with Crippen LogP contribution >= 0.6 is 11.7 Å². The Labute approximate surface area is 162 Å². The van der Waals surface area contributed by atoms with Gasteiger partial charge in [0.15, 0.2) is 0 Å². The molecule has 0 saturated carbocycles. The highest BCUT2D eigenvalue weighted by atomic mass is 32.2. The average molecular weight is 407 g/mol. The van der Waals surface area contributed by atoms with Crippen LogP contribution in [0.15, 0.2) is 29.3 Å². The van der Waals surface area contributed by atoms with E-state index in [2.05, 4.69) is 31.9 Å². The van der Waals surface area contributed by atoms with E-state index in [-0.39, 0.29) is 4.90 Å².